The molecule has 2 unspecified atom stereocenters. The number of ether oxygens (including phenoxy) is 4. The normalized spacial score (nSPS) is 22.0. The summed E-state index contributed by atoms with van der Waals surface area (Å²) in [4.78, 5) is 2.35. The van der Waals surface area contributed by atoms with Gasteiger partial charge in [0.05, 0.1) is 13.2 Å². The molecule has 0 saturated carbocycles. The number of nitrogens with zero attached hydrogens (tertiary/aromatic N) is 1. The highest BCUT2D eigenvalue weighted by Gasteiger charge is 2.27. The molecule has 28 heavy (non-hydrogen) atoms. The van der Waals surface area contributed by atoms with Crippen LogP contribution in [0.1, 0.15) is 17.2 Å². The maximum Gasteiger partial charge on any atom is 0.166 e. The van der Waals surface area contributed by atoms with E-state index in [0.29, 0.717) is 13.2 Å². The van der Waals surface area contributed by atoms with Gasteiger partial charge in [-0.05, 0) is 54.0 Å². The third-order valence-electron chi connectivity index (χ3n) is 5.42. The predicted octanol–water partition coefficient (Wildman–Crippen LogP) is 3.86. The molecule has 0 fully saturated rings. The van der Waals surface area contributed by atoms with E-state index in [9.17, 15) is 0 Å². The lowest BCUT2D eigenvalue weighted by Gasteiger charge is -2.37. The Morgan fingerprint density at radius 1 is 1.14 bits per heavy atom. The zero-order valence-electron chi connectivity index (χ0n) is 15.8. The number of para-hydroxylation sites is 2. The molecule has 5 heteroatoms. The van der Waals surface area contributed by atoms with Crippen LogP contribution in [-0.2, 0) is 11.2 Å². The van der Waals surface area contributed by atoms with Crippen molar-refractivity contribution in [1.82, 2.24) is 4.90 Å². The minimum atomic E-state index is -0.120. The molecular formula is C23H23NO4. The summed E-state index contributed by atoms with van der Waals surface area (Å²) >= 11 is 0. The molecule has 0 aromatic heterocycles. The molecule has 0 saturated heterocycles. The minimum absolute atomic E-state index is 0.120. The highest BCUT2D eigenvalue weighted by atomic mass is 16.6. The van der Waals surface area contributed by atoms with Crippen molar-refractivity contribution < 1.29 is 18.9 Å². The van der Waals surface area contributed by atoms with Gasteiger partial charge in [-0.15, -0.1) is 0 Å². The molecule has 2 aromatic carbocycles. The number of benzene rings is 2. The average Bonchev–Trinajstić information content (AvgIpc) is 2.76. The molecule has 144 valence electrons. The van der Waals surface area contributed by atoms with Crippen LogP contribution in [0.5, 0.6) is 17.2 Å². The average molecular weight is 377 g/mol. The fraction of sp³-hybridized carbons (Fsp3) is 0.304. The molecule has 2 atom stereocenters. The Morgan fingerprint density at radius 2 is 2.04 bits per heavy atom. The molecule has 2 aromatic rings. The van der Waals surface area contributed by atoms with Crippen LogP contribution in [0.25, 0.3) is 0 Å². The largest absolute Gasteiger partial charge is 0.497 e. The second kappa shape index (κ2) is 7.15. The molecule has 5 nitrogen and oxygen atoms in total. The molecule has 0 radical (unpaired) electrons. The first-order valence-electron chi connectivity index (χ1n) is 9.64. The number of methoxy groups -OCH3 is 1. The Balaban J connectivity index is 1.28. The smallest absolute Gasteiger partial charge is 0.166 e. The first-order chi connectivity index (χ1) is 13.8. The highest BCUT2D eigenvalue weighted by Crippen LogP contribution is 2.36. The molecular weight excluding hydrogens is 354 g/mol. The second-order valence-corrected chi connectivity index (χ2v) is 7.19. The Morgan fingerprint density at radius 3 is 2.93 bits per heavy atom. The number of hydrogen-bond donors (Lipinski definition) is 0. The van der Waals surface area contributed by atoms with Crippen LogP contribution in [0.2, 0.25) is 0 Å². The minimum Gasteiger partial charge on any atom is -0.497 e. The molecule has 0 aliphatic carbocycles. The molecule has 0 spiro atoms. The fourth-order valence-corrected chi connectivity index (χ4v) is 3.95. The second-order valence-electron chi connectivity index (χ2n) is 7.19. The third kappa shape index (κ3) is 3.17. The summed E-state index contributed by atoms with van der Waals surface area (Å²) in [6.45, 7) is 1.93. The lowest BCUT2D eigenvalue weighted by Crippen LogP contribution is -2.34. The van der Waals surface area contributed by atoms with E-state index >= 15 is 0 Å². The van der Waals surface area contributed by atoms with Gasteiger partial charge in [-0.2, -0.15) is 0 Å². The summed E-state index contributed by atoms with van der Waals surface area (Å²) in [5.41, 5.74) is 2.65. The Kier molecular flexibility index (Phi) is 4.35. The van der Waals surface area contributed by atoms with Gasteiger partial charge in [0.2, 0.25) is 0 Å². The number of hydrogen-bond acceptors (Lipinski definition) is 5. The lowest BCUT2D eigenvalue weighted by molar-refractivity contribution is 0.0331. The van der Waals surface area contributed by atoms with Gasteiger partial charge in [0.25, 0.3) is 0 Å². The molecule has 0 N–H and O–H groups in total. The number of rotatable bonds is 4. The van der Waals surface area contributed by atoms with Crippen molar-refractivity contribution in [1.29, 1.82) is 0 Å². The van der Waals surface area contributed by atoms with E-state index in [-0.39, 0.29) is 12.1 Å². The fourth-order valence-electron chi connectivity index (χ4n) is 3.95. The topological polar surface area (TPSA) is 40.2 Å². The first-order valence-corrected chi connectivity index (χ1v) is 9.64. The van der Waals surface area contributed by atoms with Crippen molar-refractivity contribution >= 4 is 0 Å². The quantitative estimate of drug-likeness (QED) is 0.809. The predicted molar refractivity (Wildman–Crippen MR) is 106 cm³/mol. The van der Waals surface area contributed by atoms with E-state index in [4.69, 9.17) is 18.9 Å². The van der Waals surface area contributed by atoms with E-state index < -0.39 is 0 Å². The Bertz CT molecular complexity index is 936. The maximum atomic E-state index is 6.06. The van der Waals surface area contributed by atoms with Crippen molar-refractivity contribution in [2.24, 2.45) is 0 Å². The summed E-state index contributed by atoms with van der Waals surface area (Å²) < 4.78 is 23.2. The Labute approximate surface area is 164 Å². The molecule has 5 rings (SSSR count). The summed E-state index contributed by atoms with van der Waals surface area (Å²) in [5, 5.41) is 0. The van der Waals surface area contributed by atoms with Crippen molar-refractivity contribution in [3.63, 3.8) is 0 Å². The summed E-state index contributed by atoms with van der Waals surface area (Å²) in [6, 6.07) is 14.3. The van der Waals surface area contributed by atoms with Gasteiger partial charge in [-0.25, -0.2) is 0 Å². The molecule has 0 bridgehead atoms. The van der Waals surface area contributed by atoms with Crippen LogP contribution >= 0.6 is 0 Å². The Hall–Kier alpha value is -3.08. The monoisotopic (exact) mass is 377 g/mol. The maximum absolute atomic E-state index is 6.06. The molecule has 0 amide bonds. The molecule has 3 aliphatic rings. The van der Waals surface area contributed by atoms with E-state index in [1.807, 2.05) is 36.4 Å². The van der Waals surface area contributed by atoms with Crippen LogP contribution < -0.4 is 14.2 Å². The zero-order valence-corrected chi connectivity index (χ0v) is 15.8. The SMILES string of the molecule is COc1ccc2c(c1)CCN1C=CC(OCC3COc4ccccc4O3)=CC21. The summed E-state index contributed by atoms with van der Waals surface area (Å²) in [6.07, 6.45) is 7.24. The van der Waals surface area contributed by atoms with Gasteiger partial charge >= 0.3 is 0 Å². The van der Waals surface area contributed by atoms with Crippen LogP contribution in [0, 0.1) is 0 Å². The van der Waals surface area contributed by atoms with Gasteiger partial charge in [0.15, 0.2) is 17.6 Å². The van der Waals surface area contributed by atoms with Crippen molar-refractivity contribution in [2.75, 3.05) is 26.9 Å². The van der Waals surface area contributed by atoms with Crippen LogP contribution in [0.3, 0.4) is 0 Å². The van der Waals surface area contributed by atoms with Crippen molar-refractivity contribution in [2.45, 2.75) is 18.6 Å². The van der Waals surface area contributed by atoms with Crippen LogP contribution in [0.15, 0.2) is 66.6 Å². The van der Waals surface area contributed by atoms with E-state index in [1.165, 1.54) is 11.1 Å². The van der Waals surface area contributed by atoms with Gasteiger partial charge in [0.1, 0.15) is 24.7 Å². The van der Waals surface area contributed by atoms with Gasteiger partial charge in [-0.3, -0.25) is 0 Å². The van der Waals surface area contributed by atoms with Crippen molar-refractivity contribution in [3.8, 4) is 17.2 Å². The van der Waals surface area contributed by atoms with Gasteiger partial charge in [0, 0.05) is 12.7 Å². The van der Waals surface area contributed by atoms with Crippen molar-refractivity contribution in [3.05, 3.63) is 77.7 Å². The van der Waals surface area contributed by atoms with Gasteiger partial charge in [-0.1, -0.05) is 18.2 Å². The zero-order chi connectivity index (χ0) is 18.9. The lowest BCUT2D eigenvalue weighted by atomic mass is 9.91. The number of allylic oxidation sites excluding steroid dienone is 1. The molecule has 3 aliphatic heterocycles. The third-order valence-corrected chi connectivity index (χ3v) is 5.42. The van der Waals surface area contributed by atoms with Gasteiger partial charge < -0.3 is 23.8 Å². The van der Waals surface area contributed by atoms with E-state index in [2.05, 4.69) is 29.3 Å². The highest BCUT2D eigenvalue weighted by molar-refractivity contribution is 5.43. The van der Waals surface area contributed by atoms with Crippen LogP contribution in [0.4, 0.5) is 0 Å². The number of fused-ring (bicyclic) bond motifs is 4. The standard InChI is InChI=1S/C23H23NO4/c1-25-17-6-7-20-16(12-17)8-10-24-11-9-18(13-21(20)24)26-14-19-15-27-22-4-2-3-5-23(22)28-19/h2-7,9,11-13,19,21H,8,10,14-15H2,1H3. The molecule has 3 heterocycles. The van der Waals surface area contributed by atoms with E-state index in [1.54, 1.807) is 7.11 Å². The first kappa shape index (κ1) is 17.0. The summed E-state index contributed by atoms with van der Waals surface area (Å²) in [5.74, 6) is 3.35. The van der Waals surface area contributed by atoms with Crippen LogP contribution in [-0.4, -0.2) is 37.9 Å². The van der Waals surface area contributed by atoms with E-state index in [0.717, 1.165) is 36.0 Å². The summed E-state index contributed by atoms with van der Waals surface area (Å²) in [7, 11) is 1.71.